The van der Waals surface area contributed by atoms with Crippen LogP contribution in [0.25, 0.3) is 0 Å². The molecule has 8 nitrogen and oxygen atoms in total. The summed E-state index contributed by atoms with van der Waals surface area (Å²) in [6.45, 7) is 1.59. The van der Waals surface area contributed by atoms with Crippen molar-refractivity contribution in [1.29, 1.82) is 0 Å². The van der Waals surface area contributed by atoms with E-state index in [4.69, 9.17) is 21.4 Å². The molecule has 0 unspecified atom stereocenters. The lowest BCUT2D eigenvalue weighted by Gasteiger charge is -2.14. The van der Waals surface area contributed by atoms with E-state index >= 15 is 0 Å². The number of aliphatic carboxylic acids is 1. The zero-order valence-electron chi connectivity index (χ0n) is 17.0. The van der Waals surface area contributed by atoms with Crippen molar-refractivity contribution in [3.63, 3.8) is 0 Å². The van der Waals surface area contributed by atoms with Gasteiger partial charge < -0.3 is 20.3 Å². The number of hydrogen-bond acceptors (Lipinski definition) is 6. The first kappa shape index (κ1) is 24.0. The van der Waals surface area contributed by atoms with Crippen LogP contribution in [0.15, 0.2) is 59.5 Å². The minimum atomic E-state index is -4.01. The number of phenols is 1. The zero-order valence-corrected chi connectivity index (χ0v) is 18.6. The summed E-state index contributed by atoms with van der Waals surface area (Å²) in [6, 6.07) is 11.3. The number of aromatic hydroxyl groups is 1. The molecule has 3 N–H and O–H groups in total. The van der Waals surface area contributed by atoms with Gasteiger partial charge in [-0.3, -0.25) is 4.79 Å². The van der Waals surface area contributed by atoms with E-state index in [1.807, 2.05) is 0 Å². The van der Waals surface area contributed by atoms with Gasteiger partial charge in [-0.15, -0.1) is 0 Å². The van der Waals surface area contributed by atoms with Crippen molar-refractivity contribution in [1.82, 2.24) is 0 Å². The third-order valence-corrected chi connectivity index (χ3v) is 6.43. The molecule has 0 fully saturated rings. The third kappa shape index (κ3) is 5.79. The van der Waals surface area contributed by atoms with Crippen LogP contribution in [-0.4, -0.2) is 30.5 Å². The molecule has 3 aromatic rings. The maximum atomic E-state index is 13.1. The van der Waals surface area contributed by atoms with Gasteiger partial charge in [0.15, 0.2) is 9.84 Å². The highest BCUT2D eigenvalue weighted by molar-refractivity contribution is 7.90. The summed E-state index contributed by atoms with van der Waals surface area (Å²) in [4.78, 5) is 21.6. The molecule has 0 radical (unpaired) electrons. The first-order valence-electron chi connectivity index (χ1n) is 9.29. The summed E-state index contributed by atoms with van der Waals surface area (Å²) in [6.07, 6.45) is 0. The molecule has 0 aliphatic heterocycles. The molecule has 0 atom stereocenters. The second-order valence-corrected chi connectivity index (χ2v) is 9.35. The van der Waals surface area contributed by atoms with Crippen molar-refractivity contribution in [2.24, 2.45) is 0 Å². The lowest BCUT2D eigenvalue weighted by molar-refractivity contribution is -0.147. The predicted molar refractivity (Wildman–Crippen MR) is 118 cm³/mol. The molecule has 0 aliphatic carbocycles. The van der Waals surface area contributed by atoms with E-state index in [-0.39, 0.29) is 27.1 Å². The SMILES string of the molecule is Cc1cc(NC(=O)C(=O)O)cc(Cl)c1Oc1ccc(O)c(S(=O)(=O)Cc2ccc(F)cc2)c1. The number of nitrogens with one attached hydrogen (secondary N) is 1. The first-order valence-corrected chi connectivity index (χ1v) is 11.3. The van der Waals surface area contributed by atoms with E-state index in [1.54, 1.807) is 6.92 Å². The summed E-state index contributed by atoms with van der Waals surface area (Å²) in [5.74, 6) is -4.18. The molecule has 0 aromatic heterocycles. The van der Waals surface area contributed by atoms with Gasteiger partial charge in [-0.25, -0.2) is 17.6 Å². The molecular formula is C22H17ClFNO7S. The number of ether oxygens (including phenoxy) is 1. The van der Waals surface area contributed by atoms with E-state index in [1.165, 1.54) is 30.3 Å². The van der Waals surface area contributed by atoms with Crippen LogP contribution in [0.2, 0.25) is 5.02 Å². The van der Waals surface area contributed by atoms with E-state index in [9.17, 15) is 27.5 Å². The Kier molecular flexibility index (Phi) is 6.89. The number of anilines is 1. The maximum Gasteiger partial charge on any atom is 0.394 e. The highest BCUT2D eigenvalue weighted by Crippen LogP contribution is 2.37. The smallest absolute Gasteiger partial charge is 0.394 e. The second-order valence-electron chi connectivity index (χ2n) is 6.98. The average Bonchev–Trinajstić information content (AvgIpc) is 2.73. The summed E-state index contributed by atoms with van der Waals surface area (Å²) in [7, 11) is -4.01. The minimum Gasteiger partial charge on any atom is -0.507 e. The monoisotopic (exact) mass is 493 g/mol. The number of carboxylic acids is 1. The van der Waals surface area contributed by atoms with Gasteiger partial charge in [-0.1, -0.05) is 23.7 Å². The van der Waals surface area contributed by atoms with Crippen molar-refractivity contribution in [3.05, 3.63) is 76.6 Å². The third-order valence-electron chi connectivity index (χ3n) is 4.44. The molecule has 0 heterocycles. The van der Waals surface area contributed by atoms with Gasteiger partial charge in [0, 0.05) is 11.8 Å². The number of sulfone groups is 1. The number of benzene rings is 3. The van der Waals surface area contributed by atoms with Crippen molar-refractivity contribution in [2.75, 3.05) is 5.32 Å². The Labute approximate surface area is 193 Å². The average molecular weight is 494 g/mol. The highest BCUT2D eigenvalue weighted by Gasteiger charge is 2.22. The largest absolute Gasteiger partial charge is 0.507 e. The molecule has 0 saturated heterocycles. The van der Waals surface area contributed by atoms with Crippen LogP contribution < -0.4 is 10.1 Å². The summed E-state index contributed by atoms with van der Waals surface area (Å²) >= 11 is 6.21. The van der Waals surface area contributed by atoms with Crippen LogP contribution in [0.5, 0.6) is 17.2 Å². The Bertz CT molecular complexity index is 1320. The van der Waals surface area contributed by atoms with Crippen molar-refractivity contribution in [2.45, 2.75) is 17.6 Å². The summed E-state index contributed by atoms with van der Waals surface area (Å²) < 4.78 is 44.5. The van der Waals surface area contributed by atoms with Gasteiger partial charge in [0.1, 0.15) is 28.0 Å². The second kappa shape index (κ2) is 9.47. The molecule has 33 heavy (non-hydrogen) atoms. The van der Waals surface area contributed by atoms with E-state index in [2.05, 4.69) is 5.32 Å². The van der Waals surface area contributed by atoms with Crippen LogP contribution >= 0.6 is 11.6 Å². The number of carbonyl (C=O) groups excluding carboxylic acids is 1. The van der Waals surface area contributed by atoms with Gasteiger partial charge in [0.2, 0.25) is 0 Å². The molecule has 0 spiro atoms. The molecule has 3 aromatic carbocycles. The lowest BCUT2D eigenvalue weighted by Crippen LogP contribution is -2.21. The maximum absolute atomic E-state index is 13.1. The summed E-state index contributed by atoms with van der Waals surface area (Å²) in [5.41, 5.74) is 0.887. The Hall–Kier alpha value is -3.63. The van der Waals surface area contributed by atoms with Crippen molar-refractivity contribution >= 4 is 39.0 Å². The number of carbonyl (C=O) groups is 2. The van der Waals surface area contributed by atoms with Crippen LogP contribution in [-0.2, 0) is 25.2 Å². The topological polar surface area (TPSA) is 130 Å². The Balaban J connectivity index is 1.88. The first-order chi connectivity index (χ1) is 15.5. The molecule has 3 rings (SSSR count). The zero-order chi connectivity index (χ0) is 24.3. The molecule has 1 amide bonds. The Morgan fingerprint density at radius 3 is 2.36 bits per heavy atom. The summed E-state index contributed by atoms with van der Waals surface area (Å²) in [5, 5.41) is 21.0. The molecule has 0 bridgehead atoms. The van der Waals surface area contributed by atoms with Crippen molar-refractivity contribution < 1.29 is 37.3 Å². The fourth-order valence-corrected chi connectivity index (χ4v) is 4.69. The lowest BCUT2D eigenvalue weighted by atomic mass is 10.2. The van der Waals surface area contributed by atoms with Crippen molar-refractivity contribution in [3.8, 4) is 17.2 Å². The molecule has 11 heteroatoms. The van der Waals surface area contributed by atoms with Gasteiger partial charge in [-0.2, -0.15) is 0 Å². The number of rotatable bonds is 6. The quantitative estimate of drug-likeness (QED) is 0.437. The van der Waals surface area contributed by atoms with Crippen LogP contribution in [0.4, 0.5) is 10.1 Å². The molecule has 0 aliphatic rings. The minimum absolute atomic E-state index is 0.0273. The van der Waals surface area contributed by atoms with Gasteiger partial charge >= 0.3 is 11.9 Å². The standard InChI is InChI=1S/C22H17ClFNO7S/c1-12-8-15(25-21(27)22(28)29)9-17(23)20(12)32-16-6-7-18(26)19(10-16)33(30,31)11-13-2-4-14(24)5-3-13/h2-10,26H,11H2,1H3,(H,25,27)(H,28,29). The van der Waals surface area contributed by atoms with E-state index in [0.717, 1.165) is 24.3 Å². The van der Waals surface area contributed by atoms with E-state index < -0.39 is 39.0 Å². The fraction of sp³-hybridized carbons (Fsp3) is 0.0909. The van der Waals surface area contributed by atoms with Crippen LogP contribution in [0.1, 0.15) is 11.1 Å². The fourth-order valence-electron chi connectivity index (χ4n) is 2.92. The molecule has 0 saturated carbocycles. The van der Waals surface area contributed by atoms with Crippen LogP contribution in [0, 0.1) is 12.7 Å². The predicted octanol–water partition coefficient (Wildman–Crippen LogP) is 4.28. The van der Waals surface area contributed by atoms with Gasteiger partial charge in [0.25, 0.3) is 0 Å². The van der Waals surface area contributed by atoms with Gasteiger partial charge in [-0.05, 0) is 54.4 Å². The number of hydrogen-bond donors (Lipinski definition) is 3. The number of halogens is 2. The Morgan fingerprint density at radius 1 is 1.09 bits per heavy atom. The van der Waals surface area contributed by atoms with Gasteiger partial charge in [0.05, 0.1) is 10.8 Å². The van der Waals surface area contributed by atoms with E-state index in [0.29, 0.717) is 11.1 Å². The number of aryl methyl sites for hydroxylation is 1. The normalized spacial score (nSPS) is 11.1. The molecular weight excluding hydrogens is 477 g/mol. The number of carboxylic acid groups (broad SMARTS) is 1. The van der Waals surface area contributed by atoms with Crippen LogP contribution in [0.3, 0.4) is 0 Å². The molecule has 172 valence electrons. The number of amides is 1. The number of phenolic OH excluding ortho intramolecular Hbond substituents is 1. The highest BCUT2D eigenvalue weighted by atomic mass is 35.5. The Morgan fingerprint density at radius 2 is 1.76 bits per heavy atom.